The standard InChI is InChI=1S/C21H34N2O2S/c1-4-15-6-11-18(12-7-15)25-14-20-19(22-26-3)13-10-17-9-8-16(5-2)21(24)23(17)20/h8-9,15,18-20,22H,4-7,10-14H2,1-3H3. The normalized spacial score (nSPS) is 28.7. The molecule has 1 N–H and O–H groups in total. The molecule has 0 amide bonds. The van der Waals surface area contributed by atoms with Crippen LogP contribution < -0.4 is 10.3 Å². The Hall–Kier alpha value is -0.780. The molecule has 5 heteroatoms. The van der Waals surface area contributed by atoms with E-state index in [4.69, 9.17) is 4.74 Å². The average molecular weight is 379 g/mol. The van der Waals surface area contributed by atoms with Crippen LogP contribution in [0.25, 0.3) is 0 Å². The van der Waals surface area contributed by atoms with E-state index in [-0.39, 0.29) is 17.6 Å². The molecule has 1 saturated carbocycles. The quantitative estimate of drug-likeness (QED) is 0.725. The highest BCUT2D eigenvalue weighted by Crippen LogP contribution is 2.30. The highest BCUT2D eigenvalue weighted by atomic mass is 32.2. The number of aryl methyl sites for hydroxylation is 2. The van der Waals surface area contributed by atoms with Crippen molar-refractivity contribution in [1.29, 1.82) is 0 Å². The van der Waals surface area contributed by atoms with Gasteiger partial charge in [-0.15, -0.1) is 0 Å². The van der Waals surface area contributed by atoms with Gasteiger partial charge in [0.15, 0.2) is 0 Å². The Kier molecular flexibility index (Phi) is 7.24. The molecule has 0 aromatic carbocycles. The monoisotopic (exact) mass is 378 g/mol. The van der Waals surface area contributed by atoms with Crippen LogP contribution in [0.2, 0.25) is 0 Å². The summed E-state index contributed by atoms with van der Waals surface area (Å²) >= 11 is 1.65. The van der Waals surface area contributed by atoms with Crippen LogP contribution in [0, 0.1) is 5.92 Å². The molecule has 1 aromatic heterocycles. The summed E-state index contributed by atoms with van der Waals surface area (Å²) < 4.78 is 11.9. The summed E-state index contributed by atoms with van der Waals surface area (Å²) in [6, 6.07) is 4.54. The molecule has 1 aromatic rings. The highest BCUT2D eigenvalue weighted by Gasteiger charge is 2.32. The van der Waals surface area contributed by atoms with E-state index >= 15 is 0 Å². The summed E-state index contributed by atoms with van der Waals surface area (Å²) in [6.45, 7) is 4.99. The second-order valence-electron chi connectivity index (χ2n) is 7.80. The molecule has 1 aliphatic carbocycles. The molecule has 4 nitrogen and oxygen atoms in total. The number of pyridine rings is 1. The summed E-state index contributed by atoms with van der Waals surface area (Å²) in [4.78, 5) is 13.0. The fraction of sp³-hybridized carbons (Fsp3) is 0.762. The SMILES string of the molecule is CCc1ccc2n(c1=O)C(COC1CCC(CC)CC1)C(NSC)CC2. The minimum Gasteiger partial charge on any atom is -0.376 e. The summed E-state index contributed by atoms with van der Waals surface area (Å²) in [5, 5.41) is 0. The van der Waals surface area contributed by atoms with E-state index in [1.54, 1.807) is 11.9 Å². The highest BCUT2D eigenvalue weighted by molar-refractivity contribution is 7.96. The molecular formula is C21H34N2O2S. The number of rotatable bonds is 7. The number of hydrogen-bond donors (Lipinski definition) is 1. The summed E-state index contributed by atoms with van der Waals surface area (Å²) in [5.41, 5.74) is 2.25. The Bertz CT molecular complexity index is 637. The first-order chi connectivity index (χ1) is 12.7. The summed E-state index contributed by atoms with van der Waals surface area (Å²) in [5.74, 6) is 0.880. The van der Waals surface area contributed by atoms with Gasteiger partial charge in [-0.25, -0.2) is 0 Å². The van der Waals surface area contributed by atoms with Gasteiger partial charge in [0.2, 0.25) is 0 Å². The number of hydrogen-bond acceptors (Lipinski definition) is 4. The van der Waals surface area contributed by atoms with Gasteiger partial charge < -0.3 is 9.30 Å². The van der Waals surface area contributed by atoms with Gasteiger partial charge in [-0.1, -0.05) is 38.3 Å². The molecule has 2 unspecified atom stereocenters. The maximum absolute atomic E-state index is 13.0. The van der Waals surface area contributed by atoms with Crippen molar-refractivity contribution >= 4 is 11.9 Å². The molecule has 0 saturated heterocycles. The van der Waals surface area contributed by atoms with Gasteiger partial charge >= 0.3 is 0 Å². The van der Waals surface area contributed by atoms with Crippen molar-refractivity contribution in [2.24, 2.45) is 5.92 Å². The van der Waals surface area contributed by atoms with Crippen molar-refractivity contribution in [3.05, 3.63) is 33.7 Å². The number of nitrogens with zero attached hydrogens (tertiary/aromatic N) is 1. The first-order valence-corrected chi connectivity index (χ1v) is 11.5. The molecule has 3 rings (SSSR count). The molecule has 2 aliphatic rings. The van der Waals surface area contributed by atoms with Crippen LogP contribution in [0.3, 0.4) is 0 Å². The Labute approximate surface area is 162 Å². The lowest BCUT2D eigenvalue weighted by atomic mass is 9.86. The lowest BCUT2D eigenvalue weighted by Crippen LogP contribution is -2.46. The van der Waals surface area contributed by atoms with Crippen molar-refractivity contribution in [3.8, 4) is 0 Å². The van der Waals surface area contributed by atoms with Gasteiger partial charge in [0.25, 0.3) is 5.56 Å². The molecule has 2 heterocycles. The van der Waals surface area contributed by atoms with E-state index in [1.165, 1.54) is 32.1 Å². The molecule has 0 spiro atoms. The Morgan fingerprint density at radius 3 is 2.62 bits per heavy atom. The molecular weight excluding hydrogens is 344 g/mol. The lowest BCUT2D eigenvalue weighted by molar-refractivity contribution is -0.00680. The molecule has 2 atom stereocenters. The van der Waals surface area contributed by atoms with Crippen LogP contribution in [0.4, 0.5) is 0 Å². The zero-order valence-corrected chi connectivity index (χ0v) is 17.3. The van der Waals surface area contributed by atoms with Crippen LogP contribution in [0.5, 0.6) is 0 Å². The van der Waals surface area contributed by atoms with Gasteiger partial charge in [0, 0.05) is 17.3 Å². The molecule has 26 heavy (non-hydrogen) atoms. The number of nitrogens with one attached hydrogen (secondary N) is 1. The topological polar surface area (TPSA) is 43.3 Å². The van der Waals surface area contributed by atoms with Crippen molar-refractivity contribution < 1.29 is 4.74 Å². The predicted octanol–water partition coefficient (Wildman–Crippen LogP) is 4.12. The number of aromatic nitrogens is 1. The molecule has 146 valence electrons. The van der Waals surface area contributed by atoms with Crippen molar-refractivity contribution in [2.45, 2.75) is 83.4 Å². The van der Waals surface area contributed by atoms with Gasteiger partial charge in [0.1, 0.15) is 0 Å². The van der Waals surface area contributed by atoms with Crippen LogP contribution in [-0.4, -0.2) is 29.6 Å². The average Bonchev–Trinajstić information content (AvgIpc) is 2.68. The van der Waals surface area contributed by atoms with Crippen LogP contribution in [-0.2, 0) is 17.6 Å². The van der Waals surface area contributed by atoms with Crippen molar-refractivity contribution in [2.75, 3.05) is 12.9 Å². The smallest absolute Gasteiger partial charge is 0.254 e. The lowest BCUT2D eigenvalue weighted by Gasteiger charge is -2.37. The van der Waals surface area contributed by atoms with Gasteiger partial charge in [-0.2, -0.15) is 0 Å². The molecule has 1 aliphatic heterocycles. The van der Waals surface area contributed by atoms with E-state index in [0.717, 1.165) is 36.4 Å². The number of ether oxygens (including phenoxy) is 1. The van der Waals surface area contributed by atoms with Gasteiger partial charge in [-0.3, -0.25) is 9.52 Å². The van der Waals surface area contributed by atoms with E-state index in [1.807, 2.05) is 10.6 Å². The number of fused-ring (bicyclic) bond motifs is 1. The van der Waals surface area contributed by atoms with Crippen LogP contribution >= 0.6 is 11.9 Å². The zero-order chi connectivity index (χ0) is 18.5. The van der Waals surface area contributed by atoms with Crippen LogP contribution in [0.1, 0.15) is 69.7 Å². The largest absolute Gasteiger partial charge is 0.376 e. The third-order valence-corrected chi connectivity index (χ3v) is 6.85. The first-order valence-electron chi connectivity index (χ1n) is 10.3. The maximum Gasteiger partial charge on any atom is 0.254 e. The first kappa shape index (κ1) is 20.0. The second kappa shape index (κ2) is 9.43. The van der Waals surface area contributed by atoms with Crippen LogP contribution in [0.15, 0.2) is 16.9 Å². The van der Waals surface area contributed by atoms with Crippen molar-refractivity contribution in [1.82, 2.24) is 9.29 Å². The van der Waals surface area contributed by atoms with Gasteiger partial charge in [-0.05, 0) is 63.2 Å². The predicted molar refractivity (Wildman–Crippen MR) is 110 cm³/mol. The second-order valence-corrected chi connectivity index (χ2v) is 8.44. The molecule has 0 radical (unpaired) electrons. The fourth-order valence-electron chi connectivity index (χ4n) is 4.57. The molecule has 0 bridgehead atoms. The molecule has 1 fully saturated rings. The van der Waals surface area contributed by atoms with E-state index in [0.29, 0.717) is 12.7 Å². The minimum absolute atomic E-state index is 0.0918. The van der Waals surface area contributed by atoms with Gasteiger partial charge in [0.05, 0.1) is 18.8 Å². The minimum atomic E-state index is 0.0918. The zero-order valence-electron chi connectivity index (χ0n) is 16.5. The Morgan fingerprint density at radius 2 is 1.96 bits per heavy atom. The third-order valence-electron chi connectivity index (χ3n) is 6.31. The van der Waals surface area contributed by atoms with E-state index in [9.17, 15) is 4.79 Å². The summed E-state index contributed by atoms with van der Waals surface area (Å²) in [6.07, 6.45) is 11.4. The van der Waals surface area contributed by atoms with E-state index < -0.39 is 0 Å². The fourth-order valence-corrected chi connectivity index (χ4v) is 5.14. The third kappa shape index (κ3) is 4.37. The van der Waals surface area contributed by atoms with E-state index in [2.05, 4.69) is 30.9 Å². The van der Waals surface area contributed by atoms with Crippen molar-refractivity contribution in [3.63, 3.8) is 0 Å². The summed E-state index contributed by atoms with van der Waals surface area (Å²) in [7, 11) is 0. The Morgan fingerprint density at radius 1 is 1.19 bits per heavy atom. The Balaban J connectivity index is 1.76. The maximum atomic E-state index is 13.0.